The fraction of sp³-hybridized carbons (Fsp3) is 0.312. The summed E-state index contributed by atoms with van der Waals surface area (Å²) in [6, 6.07) is 13.6. The minimum atomic E-state index is -0.693. The number of hydrogen-bond acceptors (Lipinski definition) is 3. The predicted molar refractivity (Wildman–Crippen MR) is 82.9 cm³/mol. The highest BCUT2D eigenvalue weighted by molar-refractivity contribution is 5.79. The Morgan fingerprint density at radius 3 is 2.62 bits per heavy atom. The molecular weight excluding hydrogens is 266 g/mol. The van der Waals surface area contributed by atoms with Crippen LogP contribution in [0.4, 0.5) is 0 Å². The number of nitrogens with zero attached hydrogens (tertiary/aromatic N) is 2. The number of aliphatic imine (C=N–C) groups is 1. The number of aliphatic hydroxyl groups is 1. The average Bonchev–Trinajstić information content (AvgIpc) is 3.02. The molecule has 5 heteroatoms. The summed E-state index contributed by atoms with van der Waals surface area (Å²) in [6.45, 7) is 0.942. The van der Waals surface area contributed by atoms with E-state index in [0.717, 1.165) is 11.5 Å². The van der Waals surface area contributed by atoms with Crippen LogP contribution < -0.4 is 5.32 Å². The standard InChI is InChI=1S/C16H21N3O2/c1-19(2)16(17-11-13-7-4-3-5-8-13)18-12-14(20)15-9-6-10-21-15/h3-10,14,20H,11-12H2,1-2H3,(H,17,18). The van der Waals surface area contributed by atoms with Crippen molar-refractivity contribution >= 4 is 5.96 Å². The highest BCUT2D eigenvalue weighted by Gasteiger charge is 2.11. The molecule has 5 nitrogen and oxygen atoms in total. The van der Waals surface area contributed by atoms with Gasteiger partial charge in [0.25, 0.3) is 0 Å². The van der Waals surface area contributed by atoms with Crippen LogP contribution in [0.1, 0.15) is 17.4 Å². The van der Waals surface area contributed by atoms with Crippen molar-refractivity contribution in [2.45, 2.75) is 12.6 Å². The molecule has 0 saturated carbocycles. The van der Waals surface area contributed by atoms with Crippen LogP contribution in [0.25, 0.3) is 0 Å². The Morgan fingerprint density at radius 2 is 2.00 bits per heavy atom. The maximum atomic E-state index is 10.00. The lowest BCUT2D eigenvalue weighted by molar-refractivity contribution is 0.152. The Balaban J connectivity index is 1.93. The van der Waals surface area contributed by atoms with E-state index in [2.05, 4.69) is 10.3 Å². The normalized spacial score (nSPS) is 13.0. The van der Waals surface area contributed by atoms with Gasteiger partial charge in [-0.3, -0.25) is 0 Å². The van der Waals surface area contributed by atoms with E-state index in [9.17, 15) is 5.11 Å². The summed E-state index contributed by atoms with van der Waals surface area (Å²) >= 11 is 0. The summed E-state index contributed by atoms with van der Waals surface area (Å²) in [7, 11) is 3.83. The second-order valence-corrected chi connectivity index (χ2v) is 4.93. The second kappa shape index (κ2) is 7.50. The van der Waals surface area contributed by atoms with Crippen LogP contribution in [0.3, 0.4) is 0 Å². The van der Waals surface area contributed by atoms with Crippen LogP contribution in [0.15, 0.2) is 58.1 Å². The number of nitrogens with one attached hydrogen (secondary N) is 1. The van der Waals surface area contributed by atoms with Gasteiger partial charge < -0.3 is 19.7 Å². The summed E-state index contributed by atoms with van der Waals surface area (Å²) < 4.78 is 5.17. The van der Waals surface area contributed by atoms with Crippen molar-refractivity contribution in [3.05, 3.63) is 60.1 Å². The lowest BCUT2D eigenvalue weighted by Gasteiger charge is -2.19. The van der Waals surface area contributed by atoms with Gasteiger partial charge in [0.2, 0.25) is 0 Å². The molecule has 0 spiro atoms. The van der Waals surface area contributed by atoms with Gasteiger partial charge in [-0.05, 0) is 17.7 Å². The van der Waals surface area contributed by atoms with Gasteiger partial charge in [0.1, 0.15) is 11.9 Å². The molecule has 1 heterocycles. The molecule has 1 aromatic heterocycles. The van der Waals surface area contributed by atoms with Gasteiger partial charge in [-0.2, -0.15) is 0 Å². The molecule has 0 radical (unpaired) electrons. The van der Waals surface area contributed by atoms with E-state index in [1.807, 2.05) is 49.3 Å². The number of furan rings is 1. The quantitative estimate of drug-likeness (QED) is 0.652. The lowest BCUT2D eigenvalue weighted by atomic mass is 10.2. The van der Waals surface area contributed by atoms with Gasteiger partial charge in [0.05, 0.1) is 19.4 Å². The molecule has 21 heavy (non-hydrogen) atoms. The van der Waals surface area contributed by atoms with Crippen molar-refractivity contribution in [2.24, 2.45) is 4.99 Å². The average molecular weight is 287 g/mol. The minimum Gasteiger partial charge on any atom is -0.467 e. The lowest BCUT2D eigenvalue weighted by Crippen LogP contribution is -2.38. The SMILES string of the molecule is CN(C)C(=NCc1ccccc1)NCC(O)c1ccco1. The molecule has 1 unspecified atom stereocenters. The van der Waals surface area contributed by atoms with Gasteiger partial charge in [0.15, 0.2) is 5.96 Å². The van der Waals surface area contributed by atoms with Crippen LogP contribution in [-0.4, -0.2) is 36.6 Å². The van der Waals surface area contributed by atoms with Crippen LogP contribution in [0, 0.1) is 0 Å². The first-order valence-corrected chi connectivity index (χ1v) is 6.88. The van der Waals surface area contributed by atoms with Crippen molar-refractivity contribution in [1.82, 2.24) is 10.2 Å². The van der Waals surface area contributed by atoms with Crippen LogP contribution >= 0.6 is 0 Å². The molecule has 1 atom stereocenters. The van der Waals surface area contributed by atoms with Crippen LogP contribution in [0.2, 0.25) is 0 Å². The minimum absolute atomic E-state index is 0.347. The fourth-order valence-electron chi connectivity index (χ4n) is 1.87. The monoisotopic (exact) mass is 287 g/mol. The van der Waals surface area contributed by atoms with Crippen molar-refractivity contribution in [3.63, 3.8) is 0 Å². The third kappa shape index (κ3) is 4.65. The molecule has 0 saturated heterocycles. The van der Waals surface area contributed by atoms with Gasteiger partial charge in [-0.25, -0.2) is 4.99 Å². The van der Waals surface area contributed by atoms with E-state index < -0.39 is 6.10 Å². The topological polar surface area (TPSA) is 61.0 Å². The number of aliphatic hydroxyl groups excluding tert-OH is 1. The van der Waals surface area contributed by atoms with Gasteiger partial charge in [-0.1, -0.05) is 30.3 Å². The number of benzene rings is 1. The van der Waals surface area contributed by atoms with E-state index in [1.54, 1.807) is 18.4 Å². The largest absolute Gasteiger partial charge is 0.467 e. The van der Waals surface area contributed by atoms with Crippen molar-refractivity contribution in [1.29, 1.82) is 0 Å². The van der Waals surface area contributed by atoms with Crippen LogP contribution in [-0.2, 0) is 6.54 Å². The summed E-state index contributed by atoms with van der Waals surface area (Å²) in [5, 5.41) is 13.1. The summed E-state index contributed by atoms with van der Waals surface area (Å²) in [5.74, 6) is 1.27. The maximum absolute atomic E-state index is 10.00. The van der Waals surface area contributed by atoms with Crippen molar-refractivity contribution in [2.75, 3.05) is 20.6 Å². The van der Waals surface area contributed by atoms with Gasteiger partial charge >= 0.3 is 0 Å². The summed E-state index contributed by atoms with van der Waals surface area (Å²) in [6.07, 6.45) is 0.858. The molecule has 2 aromatic rings. The van der Waals surface area contributed by atoms with Crippen molar-refractivity contribution in [3.8, 4) is 0 Å². The molecular formula is C16H21N3O2. The van der Waals surface area contributed by atoms with E-state index in [1.165, 1.54) is 0 Å². The van der Waals surface area contributed by atoms with E-state index in [0.29, 0.717) is 18.8 Å². The highest BCUT2D eigenvalue weighted by Crippen LogP contribution is 2.11. The molecule has 0 amide bonds. The second-order valence-electron chi connectivity index (χ2n) is 4.93. The molecule has 1 aromatic carbocycles. The Labute approximate surface area is 124 Å². The molecule has 0 aliphatic rings. The van der Waals surface area contributed by atoms with E-state index >= 15 is 0 Å². The Kier molecular flexibility index (Phi) is 5.40. The molecule has 2 N–H and O–H groups in total. The maximum Gasteiger partial charge on any atom is 0.193 e. The number of rotatable bonds is 5. The number of hydrogen-bond donors (Lipinski definition) is 2. The summed E-state index contributed by atoms with van der Waals surface area (Å²) in [4.78, 5) is 6.42. The zero-order valence-electron chi connectivity index (χ0n) is 12.4. The number of guanidine groups is 1. The Bertz CT molecular complexity index is 550. The Hall–Kier alpha value is -2.27. The van der Waals surface area contributed by atoms with Gasteiger partial charge in [0, 0.05) is 14.1 Å². The predicted octanol–water partition coefficient (Wildman–Crippen LogP) is 2.02. The zero-order chi connectivity index (χ0) is 15.1. The molecule has 0 aliphatic heterocycles. The third-order valence-corrected chi connectivity index (χ3v) is 3.00. The van der Waals surface area contributed by atoms with Crippen molar-refractivity contribution < 1.29 is 9.52 Å². The molecule has 2 rings (SSSR count). The highest BCUT2D eigenvalue weighted by atomic mass is 16.4. The first kappa shape index (κ1) is 15.1. The van der Waals surface area contributed by atoms with E-state index in [-0.39, 0.29) is 0 Å². The molecule has 112 valence electrons. The molecule has 0 fully saturated rings. The molecule has 0 bridgehead atoms. The van der Waals surface area contributed by atoms with Crippen LogP contribution in [0.5, 0.6) is 0 Å². The first-order chi connectivity index (χ1) is 10.2. The summed E-state index contributed by atoms with van der Waals surface area (Å²) in [5.41, 5.74) is 1.14. The van der Waals surface area contributed by atoms with E-state index in [4.69, 9.17) is 4.42 Å². The first-order valence-electron chi connectivity index (χ1n) is 6.88. The fourth-order valence-corrected chi connectivity index (χ4v) is 1.87. The smallest absolute Gasteiger partial charge is 0.193 e. The Morgan fingerprint density at radius 1 is 1.24 bits per heavy atom. The third-order valence-electron chi connectivity index (χ3n) is 3.00. The molecule has 0 aliphatic carbocycles. The van der Waals surface area contributed by atoms with Gasteiger partial charge in [-0.15, -0.1) is 0 Å². The zero-order valence-corrected chi connectivity index (χ0v) is 12.4.